The molecule has 2 unspecified atom stereocenters. The molecular formula is C21H34N4O2. The minimum atomic E-state index is -0.0788. The standard InChI is InChI=1S/C21H34N4O2/c1-21(2,3)18-17(10-7-11-27-18)14-25-20(23-5)24-13-15-8-6-9-16(12-15)19(26)22-4/h6,8-9,12,17-18H,7,10-11,13-14H2,1-5H3,(H,22,26)(H2,23,24,25). The van der Waals surface area contributed by atoms with E-state index in [4.69, 9.17) is 4.74 Å². The highest BCUT2D eigenvalue weighted by molar-refractivity contribution is 5.94. The Morgan fingerprint density at radius 3 is 2.74 bits per heavy atom. The summed E-state index contributed by atoms with van der Waals surface area (Å²) in [5, 5.41) is 9.42. The summed E-state index contributed by atoms with van der Waals surface area (Å²) in [6.07, 6.45) is 2.53. The van der Waals surface area contributed by atoms with Crippen LogP contribution in [0.4, 0.5) is 0 Å². The maximum Gasteiger partial charge on any atom is 0.251 e. The Bertz CT molecular complexity index is 652. The molecule has 1 aliphatic heterocycles. The fourth-order valence-corrected chi connectivity index (χ4v) is 3.61. The van der Waals surface area contributed by atoms with E-state index in [0.29, 0.717) is 18.0 Å². The summed E-state index contributed by atoms with van der Waals surface area (Å²) < 4.78 is 6.06. The van der Waals surface area contributed by atoms with Crippen molar-refractivity contribution in [2.45, 2.75) is 46.3 Å². The van der Waals surface area contributed by atoms with E-state index in [0.717, 1.165) is 31.1 Å². The van der Waals surface area contributed by atoms with Crippen molar-refractivity contribution in [2.24, 2.45) is 16.3 Å². The van der Waals surface area contributed by atoms with Gasteiger partial charge in [-0.2, -0.15) is 0 Å². The summed E-state index contributed by atoms with van der Waals surface area (Å²) in [5.74, 6) is 1.15. The number of nitrogens with one attached hydrogen (secondary N) is 3. The summed E-state index contributed by atoms with van der Waals surface area (Å²) in [6.45, 7) is 9.01. The number of hydrogen-bond acceptors (Lipinski definition) is 3. The lowest BCUT2D eigenvalue weighted by molar-refractivity contribution is -0.0835. The zero-order valence-corrected chi connectivity index (χ0v) is 17.3. The van der Waals surface area contributed by atoms with Gasteiger partial charge in [-0.3, -0.25) is 9.79 Å². The number of benzene rings is 1. The Hall–Kier alpha value is -2.08. The van der Waals surface area contributed by atoms with Gasteiger partial charge >= 0.3 is 0 Å². The van der Waals surface area contributed by atoms with E-state index >= 15 is 0 Å². The Morgan fingerprint density at radius 1 is 1.30 bits per heavy atom. The third-order valence-corrected chi connectivity index (χ3v) is 4.93. The summed E-state index contributed by atoms with van der Waals surface area (Å²) in [5.41, 5.74) is 1.82. The normalized spacial score (nSPS) is 20.9. The highest BCUT2D eigenvalue weighted by atomic mass is 16.5. The van der Waals surface area contributed by atoms with Gasteiger partial charge in [0.25, 0.3) is 5.91 Å². The van der Waals surface area contributed by atoms with Crippen LogP contribution in [-0.2, 0) is 11.3 Å². The molecule has 0 aliphatic carbocycles. The molecule has 27 heavy (non-hydrogen) atoms. The van der Waals surface area contributed by atoms with Crippen molar-refractivity contribution in [2.75, 3.05) is 27.2 Å². The fourth-order valence-electron chi connectivity index (χ4n) is 3.61. The zero-order chi connectivity index (χ0) is 19.9. The summed E-state index contributed by atoms with van der Waals surface area (Å²) in [4.78, 5) is 16.1. The van der Waals surface area contributed by atoms with Gasteiger partial charge in [0.1, 0.15) is 0 Å². The van der Waals surface area contributed by atoms with Crippen LogP contribution < -0.4 is 16.0 Å². The number of aliphatic imine (C=N–C) groups is 1. The van der Waals surface area contributed by atoms with Gasteiger partial charge in [-0.25, -0.2) is 0 Å². The number of guanidine groups is 1. The lowest BCUT2D eigenvalue weighted by Crippen LogP contribution is -2.47. The van der Waals surface area contributed by atoms with Crippen molar-refractivity contribution in [3.8, 4) is 0 Å². The van der Waals surface area contributed by atoms with Crippen LogP contribution in [0.3, 0.4) is 0 Å². The average molecular weight is 375 g/mol. The minimum absolute atomic E-state index is 0.0788. The van der Waals surface area contributed by atoms with Gasteiger partial charge in [0, 0.05) is 45.3 Å². The van der Waals surface area contributed by atoms with Crippen LogP contribution in [0.5, 0.6) is 0 Å². The topological polar surface area (TPSA) is 74.8 Å². The van der Waals surface area contributed by atoms with Crippen LogP contribution >= 0.6 is 0 Å². The molecular weight excluding hydrogens is 340 g/mol. The van der Waals surface area contributed by atoms with Crippen LogP contribution in [0.1, 0.15) is 49.5 Å². The van der Waals surface area contributed by atoms with Crippen molar-refractivity contribution >= 4 is 11.9 Å². The molecule has 2 atom stereocenters. The molecule has 0 saturated carbocycles. The molecule has 1 saturated heterocycles. The van der Waals surface area contributed by atoms with Gasteiger partial charge in [-0.1, -0.05) is 32.9 Å². The van der Waals surface area contributed by atoms with Crippen molar-refractivity contribution in [1.82, 2.24) is 16.0 Å². The predicted molar refractivity (Wildman–Crippen MR) is 110 cm³/mol. The molecule has 6 nitrogen and oxygen atoms in total. The van der Waals surface area contributed by atoms with Crippen LogP contribution in [0.25, 0.3) is 0 Å². The van der Waals surface area contributed by atoms with Gasteiger partial charge in [0.2, 0.25) is 0 Å². The van der Waals surface area contributed by atoms with Crippen molar-refractivity contribution in [3.63, 3.8) is 0 Å². The fraction of sp³-hybridized carbons (Fsp3) is 0.619. The Labute approximate surface area is 163 Å². The summed E-state index contributed by atoms with van der Waals surface area (Å²) in [7, 11) is 3.41. The number of carbonyl (C=O) groups excluding carboxylic acids is 1. The number of ether oxygens (including phenoxy) is 1. The van der Waals surface area contributed by atoms with E-state index in [1.165, 1.54) is 6.42 Å². The maximum absolute atomic E-state index is 11.8. The first kappa shape index (κ1) is 21.2. The van der Waals surface area contributed by atoms with Crippen LogP contribution in [0.2, 0.25) is 0 Å². The molecule has 0 radical (unpaired) electrons. The molecule has 3 N–H and O–H groups in total. The van der Waals surface area contributed by atoms with E-state index in [9.17, 15) is 4.79 Å². The molecule has 1 fully saturated rings. The molecule has 150 valence electrons. The van der Waals surface area contributed by atoms with Gasteiger partial charge in [-0.15, -0.1) is 0 Å². The molecule has 1 aromatic carbocycles. The van der Waals surface area contributed by atoms with E-state index < -0.39 is 0 Å². The second-order valence-electron chi connectivity index (χ2n) is 8.15. The highest BCUT2D eigenvalue weighted by Crippen LogP contribution is 2.33. The van der Waals surface area contributed by atoms with Crippen molar-refractivity contribution in [1.29, 1.82) is 0 Å². The molecule has 2 rings (SSSR count). The van der Waals surface area contributed by atoms with E-state index in [-0.39, 0.29) is 17.4 Å². The lowest BCUT2D eigenvalue weighted by Gasteiger charge is -2.40. The van der Waals surface area contributed by atoms with E-state index in [1.807, 2.05) is 24.3 Å². The van der Waals surface area contributed by atoms with E-state index in [1.54, 1.807) is 14.1 Å². The first-order chi connectivity index (χ1) is 12.8. The number of hydrogen-bond donors (Lipinski definition) is 3. The molecule has 0 aromatic heterocycles. The first-order valence-electron chi connectivity index (χ1n) is 9.72. The van der Waals surface area contributed by atoms with Gasteiger partial charge in [-0.05, 0) is 36.0 Å². The third-order valence-electron chi connectivity index (χ3n) is 4.93. The maximum atomic E-state index is 11.8. The SMILES string of the molecule is CN=C(NCc1cccc(C(=O)NC)c1)NCC1CCCOC1C(C)(C)C. The molecule has 1 heterocycles. The number of rotatable bonds is 5. The van der Waals surface area contributed by atoms with Gasteiger partial charge in [0.15, 0.2) is 5.96 Å². The van der Waals surface area contributed by atoms with Gasteiger partial charge in [0.05, 0.1) is 6.10 Å². The zero-order valence-electron chi connectivity index (χ0n) is 17.3. The van der Waals surface area contributed by atoms with Crippen LogP contribution in [-0.4, -0.2) is 45.2 Å². The first-order valence-corrected chi connectivity index (χ1v) is 9.72. The molecule has 1 aromatic rings. The Kier molecular flexibility index (Phi) is 7.66. The van der Waals surface area contributed by atoms with Gasteiger partial charge < -0.3 is 20.7 Å². The monoisotopic (exact) mass is 374 g/mol. The summed E-state index contributed by atoms with van der Waals surface area (Å²) >= 11 is 0. The molecule has 0 spiro atoms. The second-order valence-corrected chi connectivity index (χ2v) is 8.15. The largest absolute Gasteiger partial charge is 0.377 e. The second kappa shape index (κ2) is 9.74. The lowest BCUT2D eigenvalue weighted by atomic mass is 9.78. The molecule has 1 aliphatic rings. The smallest absolute Gasteiger partial charge is 0.251 e. The Morgan fingerprint density at radius 2 is 2.07 bits per heavy atom. The predicted octanol–water partition coefficient (Wildman–Crippen LogP) is 2.55. The quantitative estimate of drug-likeness (QED) is 0.547. The third kappa shape index (κ3) is 6.24. The number of nitrogens with zero attached hydrogens (tertiary/aromatic N) is 1. The Balaban J connectivity index is 1.90. The minimum Gasteiger partial charge on any atom is -0.377 e. The average Bonchev–Trinajstić information content (AvgIpc) is 2.67. The van der Waals surface area contributed by atoms with Crippen molar-refractivity contribution < 1.29 is 9.53 Å². The van der Waals surface area contributed by atoms with Crippen LogP contribution in [0, 0.1) is 11.3 Å². The van der Waals surface area contributed by atoms with Crippen molar-refractivity contribution in [3.05, 3.63) is 35.4 Å². The number of amides is 1. The summed E-state index contributed by atoms with van der Waals surface area (Å²) in [6, 6.07) is 7.59. The van der Waals surface area contributed by atoms with Crippen LogP contribution in [0.15, 0.2) is 29.3 Å². The highest BCUT2D eigenvalue weighted by Gasteiger charge is 2.35. The van der Waals surface area contributed by atoms with E-state index in [2.05, 4.69) is 41.7 Å². The molecule has 1 amide bonds. The number of carbonyl (C=O) groups is 1. The molecule has 0 bridgehead atoms. The molecule has 6 heteroatoms.